The number of alkyl carbamates (subject to hydrolysis) is 1. The Hall–Kier alpha value is -2.04. The molecular formula is C16H24N2O3. The highest BCUT2D eigenvalue weighted by atomic mass is 16.6. The third-order valence-electron chi connectivity index (χ3n) is 2.76. The standard InChI is InChI=1S/C16H24N2O3/c1-6-12-7-9-13(10-8-12)18-14(19)11(2)17-15(20)21-16(3,4)5/h7-11H,6H2,1-5H3,(H,17,20)(H,18,19)/t11-/m0/s1. The summed E-state index contributed by atoms with van der Waals surface area (Å²) in [5, 5.41) is 5.26. The molecule has 1 atom stereocenters. The van der Waals surface area contributed by atoms with Crippen LogP contribution in [0.5, 0.6) is 0 Å². The Labute approximate surface area is 126 Å². The lowest BCUT2D eigenvalue weighted by atomic mass is 10.1. The minimum atomic E-state index is -0.675. The highest BCUT2D eigenvalue weighted by Gasteiger charge is 2.20. The Morgan fingerprint density at radius 2 is 1.76 bits per heavy atom. The Morgan fingerprint density at radius 1 is 1.19 bits per heavy atom. The molecule has 0 fully saturated rings. The van der Waals surface area contributed by atoms with Crippen molar-refractivity contribution in [2.45, 2.75) is 52.7 Å². The maximum Gasteiger partial charge on any atom is 0.408 e. The van der Waals surface area contributed by atoms with Crippen LogP contribution in [0, 0.1) is 0 Å². The number of hydrogen-bond donors (Lipinski definition) is 2. The molecule has 5 nitrogen and oxygen atoms in total. The Morgan fingerprint density at radius 3 is 2.24 bits per heavy atom. The lowest BCUT2D eigenvalue weighted by Crippen LogP contribution is -2.43. The molecule has 1 rings (SSSR count). The molecule has 5 heteroatoms. The quantitative estimate of drug-likeness (QED) is 0.896. The number of aryl methyl sites for hydroxylation is 1. The highest BCUT2D eigenvalue weighted by Crippen LogP contribution is 2.11. The molecule has 0 spiro atoms. The molecule has 1 aromatic carbocycles. The first-order valence-electron chi connectivity index (χ1n) is 7.10. The third-order valence-corrected chi connectivity index (χ3v) is 2.76. The zero-order chi connectivity index (χ0) is 16.0. The van der Waals surface area contributed by atoms with Gasteiger partial charge >= 0.3 is 6.09 Å². The van der Waals surface area contributed by atoms with Crippen LogP contribution in [-0.4, -0.2) is 23.6 Å². The Balaban J connectivity index is 2.52. The van der Waals surface area contributed by atoms with Gasteiger partial charge in [-0.1, -0.05) is 19.1 Å². The average molecular weight is 292 g/mol. The SMILES string of the molecule is CCc1ccc(NC(=O)[C@H](C)NC(=O)OC(C)(C)C)cc1. The van der Waals surface area contributed by atoms with E-state index in [0.29, 0.717) is 5.69 Å². The van der Waals surface area contributed by atoms with E-state index in [2.05, 4.69) is 17.6 Å². The van der Waals surface area contributed by atoms with Crippen LogP contribution in [0.3, 0.4) is 0 Å². The molecular weight excluding hydrogens is 268 g/mol. The number of benzene rings is 1. The second-order valence-corrected chi connectivity index (χ2v) is 5.91. The number of ether oxygens (including phenoxy) is 1. The van der Waals surface area contributed by atoms with Gasteiger partial charge in [0.05, 0.1) is 0 Å². The summed E-state index contributed by atoms with van der Waals surface area (Å²) in [6.07, 6.45) is 0.344. The van der Waals surface area contributed by atoms with E-state index in [1.54, 1.807) is 27.7 Å². The summed E-state index contributed by atoms with van der Waals surface area (Å²) in [5.74, 6) is -0.287. The van der Waals surface area contributed by atoms with E-state index >= 15 is 0 Å². The smallest absolute Gasteiger partial charge is 0.408 e. The Bertz CT molecular complexity index is 489. The summed E-state index contributed by atoms with van der Waals surface area (Å²) < 4.78 is 5.11. The van der Waals surface area contributed by atoms with Gasteiger partial charge in [-0.3, -0.25) is 4.79 Å². The molecule has 2 N–H and O–H groups in total. The van der Waals surface area contributed by atoms with E-state index in [1.807, 2.05) is 24.3 Å². The van der Waals surface area contributed by atoms with Gasteiger partial charge in [-0.2, -0.15) is 0 Å². The number of carbonyl (C=O) groups is 2. The number of anilines is 1. The molecule has 1 aromatic rings. The second kappa shape index (κ2) is 7.11. The number of amides is 2. The van der Waals surface area contributed by atoms with Crippen LogP contribution in [0.15, 0.2) is 24.3 Å². The van der Waals surface area contributed by atoms with Crippen molar-refractivity contribution < 1.29 is 14.3 Å². The predicted octanol–water partition coefficient (Wildman–Crippen LogP) is 3.10. The van der Waals surface area contributed by atoms with Gasteiger partial charge in [-0.15, -0.1) is 0 Å². The molecule has 0 unspecified atom stereocenters. The largest absolute Gasteiger partial charge is 0.444 e. The minimum absolute atomic E-state index is 0.287. The molecule has 0 aliphatic heterocycles. The molecule has 2 amide bonds. The van der Waals surface area contributed by atoms with Crippen LogP contribution >= 0.6 is 0 Å². The van der Waals surface area contributed by atoms with Crippen molar-refractivity contribution in [3.63, 3.8) is 0 Å². The summed E-state index contributed by atoms with van der Waals surface area (Å²) in [6.45, 7) is 8.99. The summed E-state index contributed by atoms with van der Waals surface area (Å²) in [6, 6.07) is 6.93. The molecule has 21 heavy (non-hydrogen) atoms. The van der Waals surface area contributed by atoms with Gasteiger partial charge in [0.1, 0.15) is 11.6 Å². The van der Waals surface area contributed by atoms with Gasteiger partial charge in [0.2, 0.25) is 5.91 Å². The van der Waals surface area contributed by atoms with Gasteiger partial charge in [0, 0.05) is 5.69 Å². The van der Waals surface area contributed by atoms with Crippen molar-refractivity contribution in [3.8, 4) is 0 Å². The summed E-state index contributed by atoms with van der Waals surface area (Å²) in [4.78, 5) is 23.6. The van der Waals surface area contributed by atoms with Gasteiger partial charge < -0.3 is 15.4 Å². The van der Waals surface area contributed by atoms with E-state index in [1.165, 1.54) is 5.56 Å². The first kappa shape index (κ1) is 17.0. The molecule has 0 saturated heterocycles. The third kappa shape index (κ3) is 6.29. The van der Waals surface area contributed by atoms with E-state index in [4.69, 9.17) is 4.74 Å². The van der Waals surface area contributed by atoms with Gasteiger partial charge in [-0.05, 0) is 51.8 Å². The second-order valence-electron chi connectivity index (χ2n) is 5.91. The van der Waals surface area contributed by atoms with Crippen molar-refractivity contribution in [1.82, 2.24) is 5.32 Å². The molecule has 0 saturated carbocycles. The van der Waals surface area contributed by atoms with Crippen LogP contribution < -0.4 is 10.6 Å². The van der Waals surface area contributed by atoms with Gasteiger partial charge in [-0.25, -0.2) is 4.79 Å². The zero-order valence-electron chi connectivity index (χ0n) is 13.3. The molecule has 0 aromatic heterocycles. The van der Waals surface area contributed by atoms with Crippen molar-refractivity contribution in [2.24, 2.45) is 0 Å². The summed E-state index contributed by atoms with van der Waals surface area (Å²) in [5.41, 5.74) is 1.32. The number of nitrogens with one attached hydrogen (secondary N) is 2. The van der Waals surface area contributed by atoms with Crippen LogP contribution in [0.2, 0.25) is 0 Å². The first-order chi connectivity index (χ1) is 9.71. The van der Waals surface area contributed by atoms with Crippen LogP contribution in [0.1, 0.15) is 40.2 Å². The fourth-order valence-electron chi connectivity index (χ4n) is 1.62. The van der Waals surface area contributed by atoms with Gasteiger partial charge in [0.15, 0.2) is 0 Å². The summed E-state index contributed by atoms with van der Waals surface area (Å²) >= 11 is 0. The predicted molar refractivity (Wildman–Crippen MR) is 83.3 cm³/mol. The van der Waals surface area contributed by atoms with Crippen molar-refractivity contribution in [1.29, 1.82) is 0 Å². The maximum atomic E-state index is 12.0. The highest BCUT2D eigenvalue weighted by molar-refractivity contribution is 5.96. The van der Waals surface area contributed by atoms with Crippen LogP contribution in [0.4, 0.5) is 10.5 Å². The van der Waals surface area contributed by atoms with Crippen molar-refractivity contribution in [3.05, 3.63) is 29.8 Å². The molecule has 0 aliphatic carbocycles. The summed E-state index contributed by atoms with van der Waals surface area (Å²) in [7, 11) is 0. The van der Waals surface area contributed by atoms with Gasteiger partial charge in [0.25, 0.3) is 0 Å². The van der Waals surface area contributed by atoms with E-state index in [0.717, 1.165) is 6.42 Å². The molecule has 0 bridgehead atoms. The topological polar surface area (TPSA) is 67.4 Å². The lowest BCUT2D eigenvalue weighted by molar-refractivity contribution is -0.117. The fourth-order valence-corrected chi connectivity index (χ4v) is 1.62. The van der Waals surface area contributed by atoms with Crippen molar-refractivity contribution >= 4 is 17.7 Å². The zero-order valence-corrected chi connectivity index (χ0v) is 13.3. The number of rotatable bonds is 4. The fraction of sp³-hybridized carbons (Fsp3) is 0.500. The van der Waals surface area contributed by atoms with Crippen molar-refractivity contribution in [2.75, 3.05) is 5.32 Å². The lowest BCUT2D eigenvalue weighted by Gasteiger charge is -2.21. The normalized spacial score (nSPS) is 12.4. The first-order valence-corrected chi connectivity index (χ1v) is 7.10. The number of hydrogen-bond acceptors (Lipinski definition) is 3. The van der Waals surface area contributed by atoms with Crippen LogP contribution in [0.25, 0.3) is 0 Å². The average Bonchev–Trinajstić information content (AvgIpc) is 2.37. The van der Waals surface area contributed by atoms with Crippen LogP contribution in [-0.2, 0) is 16.0 Å². The van der Waals surface area contributed by atoms with E-state index in [-0.39, 0.29) is 5.91 Å². The Kier molecular flexibility index (Phi) is 5.76. The van der Waals surface area contributed by atoms with E-state index in [9.17, 15) is 9.59 Å². The molecule has 0 heterocycles. The molecule has 116 valence electrons. The number of carbonyl (C=O) groups excluding carboxylic acids is 2. The molecule has 0 aliphatic rings. The maximum absolute atomic E-state index is 12.0. The monoisotopic (exact) mass is 292 g/mol. The van der Waals surface area contributed by atoms with E-state index < -0.39 is 17.7 Å². The minimum Gasteiger partial charge on any atom is -0.444 e. The molecule has 0 radical (unpaired) electrons.